The number of nitrogens with one attached hydrogen (secondary N) is 1. The predicted octanol–water partition coefficient (Wildman–Crippen LogP) is 2.99. The first-order valence-electron chi connectivity index (χ1n) is 5.39. The Kier molecular flexibility index (Phi) is 5.68. The zero-order valence-electron chi connectivity index (χ0n) is 10.5. The Hall–Kier alpha value is -0.870. The van der Waals surface area contributed by atoms with E-state index in [1.807, 2.05) is 0 Å². The normalized spacial score (nSPS) is 17.4. The largest absolute Gasteiger partial charge is 0.444 e. The molecule has 0 spiro atoms. The second-order valence-electron chi connectivity index (χ2n) is 4.97. The molecule has 0 saturated carbocycles. The van der Waals surface area contributed by atoms with Gasteiger partial charge in [0.25, 0.3) is 0 Å². The number of alkyl halides is 2. The molecular formula is C11H21F2NO2. The molecule has 0 rings (SSSR count). The fourth-order valence-electron chi connectivity index (χ4n) is 1.10. The summed E-state index contributed by atoms with van der Waals surface area (Å²) in [4.78, 5) is 11.3. The van der Waals surface area contributed by atoms with E-state index >= 15 is 0 Å². The van der Waals surface area contributed by atoms with Crippen molar-refractivity contribution in [3.63, 3.8) is 0 Å². The number of rotatable bonds is 4. The van der Waals surface area contributed by atoms with Gasteiger partial charge in [0.15, 0.2) is 0 Å². The fourth-order valence-corrected chi connectivity index (χ4v) is 1.10. The number of carbonyl (C=O) groups excluding carboxylic acids is 1. The van der Waals surface area contributed by atoms with Crippen LogP contribution in [-0.2, 0) is 4.74 Å². The molecule has 0 radical (unpaired) electrons. The number of ether oxygens (including phenoxy) is 1. The molecule has 0 aliphatic heterocycles. The first-order valence-corrected chi connectivity index (χ1v) is 5.39. The summed E-state index contributed by atoms with van der Waals surface area (Å²) in [7, 11) is 0. The zero-order chi connectivity index (χ0) is 12.9. The quantitative estimate of drug-likeness (QED) is 0.816. The van der Waals surface area contributed by atoms with Crippen molar-refractivity contribution in [3.05, 3.63) is 0 Å². The standard InChI is InChI=1S/C11H21F2NO2/c1-7(12)6-9(13)8(2)14-10(15)16-11(3,4)5/h7-9H,6H2,1-5H3,(H,14,15). The van der Waals surface area contributed by atoms with Gasteiger partial charge in [-0.05, 0) is 34.6 Å². The molecule has 0 bridgehead atoms. The molecule has 3 unspecified atom stereocenters. The summed E-state index contributed by atoms with van der Waals surface area (Å²) in [5.41, 5.74) is -0.622. The van der Waals surface area contributed by atoms with Crippen LogP contribution in [0, 0.1) is 0 Å². The summed E-state index contributed by atoms with van der Waals surface area (Å²) in [6.07, 6.45) is -3.55. The molecule has 0 aromatic heterocycles. The molecule has 0 aromatic carbocycles. The topological polar surface area (TPSA) is 38.3 Å². The lowest BCUT2D eigenvalue weighted by Crippen LogP contribution is -2.42. The monoisotopic (exact) mass is 237 g/mol. The van der Waals surface area contributed by atoms with Gasteiger partial charge >= 0.3 is 6.09 Å². The van der Waals surface area contributed by atoms with E-state index in [1.54, 1.807) is 20.8 Å². The van der Waals surface area contributed by atoms with Crippen LogP contribution in [0.4, 0.5) is 13.6 Å². The second kappa shape index (κ2) is 6.01. The Morgan fingerprint density at radius 1 is 1.31 bits per heavy atom. The lowest BCUT2D eigenvalue weighted by atomic mass is 10.1. The predicted molar refractivity (Wildman–Crippen MR) is 58.9 cm³/mol. The van der Waals surface area contributed by atoms with Crippen LogP contribution in [0.3, 0.4) is 0 Å². The average Bonchev–Trinajstić information content (AvgIpc) is 1.98. The molecule has 3 atom stereocenters. The molecule has 0 heterocycles. The van der Waals surface area contributed by atoms with Crippen LogP contribution in [0.25, 0.3) is 0 Å². The Labute approximate surface area is 95.5 Å². The number of alkyl carbamates (subject to hydrolysis) is 1. The summed E-state index contributed by atoms with van der Waals surface area (Å²) < 4.78 is 30.8. The van der Waals surface area contributed by atoms with E-state index in [1.165, 1.54) is 13.8 Å². The van der Waals surface area contributed by atoms with Gasteiger partial charge in [0.1, 0.15) is 17.9 Å². The lowest BCUT2D eigenvalue weighted by Gasteiger charge is -2.23. The van der Waals surface area contributed by atoms with E-state index in [0.29, 0.717) is 0 Å². The van der Waals surface area contributed by atoms with Crippen molar-refractivity contribution in [1.29, 1.82) is 0 Å². The highest BCUT2D eigenvalue weighted by atomic mass is 19.1. The van der Waals surface area contributed by atoms with Crippen molar-refractivity contribution in [2.24, 2.45) is 0 Å². The summed E-state index contributed by atoms with van der Waals surface area (Å²) in [5.74, 6) is 0. The molecule has 0 fully saturated rings. The third-order valence-electron chi connectivity index (χ3n) is 1.84. The molecule has 96 valence electrons. The minimum absolute atomic E-state index is 0.225. The summed E-state index contributed by atoms with van der Waals surface area (Å²) >= 11 is 0. The summed E-state index contributed by atoms with van der Waals surface area (Å²) in [6.45, 7) is 7.92. The minimum atomic E-state index is -1.41. The maximum atomic E-state index is 13.3. The Balaban J connectivity index is 4.04. The third-order valence-corrected chi connectivity index (χ3v) is 1.84. The Bertz CT molecular complexity index is 227. The van der Waals surface area contributed by atoms with Crippen molar-refractivity contribution in [1.82, 2.24) is 5.32 Å². The van der Waals surface area contributed by atoms with E-state index < -0.39 is 30.1 Å². The zero-order valence-corrected chi connectivity index (χ0v) is 10.5. The van der Waals surface area contributed by atoms with Crippen LogP contribution in [-0.4, -0.2) is 30.1 Å². The number of hydrogen-bond donors (Lipinski definition) is 1. The van der Waals surface area contributed by atoms with Gasteiger partial charge in [0.05, 0.1) is 6.04 Å². The highest BCUT2D eigenvalue weighted by Gasteiger charge is 2.23. The highest BCUT2D eigenvalue weighted by Crippen LogP contribution is 2.11. The van der Waals surface area contributed by atoms with Gasteiger partial charge in [-0.1, -0.05) is 0 Å². The van der Waals surface area contributed by atoms with Gasteiger partial charge < -0.3 is 10.1 Å². The Morgan fingerprint density at radius 2 is 1.81 bits per heavy atom. The molecule has 16 heavy (non-hydrogen) atoms. The van der Waals surface area contributed by atoms with Crippen molar-refractivity contribution in [2.75, 3.05) is 0 Å². The molecule has 1 N–H and O–H groups in total. The molecule has 0 aliphatic carbocycles. The van der Waals surface area contributed by atoms with E-state index in [4.69, 9.17) is 4.74 Å². The number of halogens is 2. The third kappa shape index (κ3) is 7.43. The van der Waals surface area contributed by atoms with E-state index in [9.17, 15) is 13.6 Å². The van der Waals surface area contributed by atoms with E-state index in [-0.39, 0.29) is 6.42 Å². The Morgan fingerprint density at radius 3 is 2.19 bits per heavy atom. The first-order chi connectivity index (χ1) is 7.11. The maximum absolute atomic E-state index is 13.3. The summed E-state index contributed by atoms with van der Waals surface area (Å²) in [6, 6.07) is -0.756. The molecule has 5 heteroatoms. The second-order valence-corrected chi connectivity index (χ2v) is 4.97. The number of hydrogen-bond acceptors (Lipinski definition) is 2. The van der Waals surface area contributed by atoms with E-state index in [2.05, 4.69) is 5.32 Å². The van der Waals surface area contributed by atoms with Gasteiger partial charge in [-0.25, -0.2) is 13.6 Å². The smallest absolute Gasteiger partial charge is 0.407 e. The molecule has 3 nitrogen and oxygen atoms in total. The number of carbonyl (C=O) groups is 1. The maximum Gasteiger partial charge on any atom is 0.407 e. The molecular weight excluding hydrogens is 216 g/mol. The molecule has 0 saturated heterocycles. The first kappa shape index (κ1) is 15.1. The average molecular weight is 237 g/mol. The van der Waals surface area contributed by atoms with Gasteiger partial charge in [-0.15, -0.1) is 0 Å². The highest BCUT2D eigenvalue weighted by molar-refractivity contribution is 5.68. The van der Waals surface area contributed by atoms with Crippen molar-refractivity contribution in [2.45, 2.75) is 65.0 Å². The molecule has 0 aliphatic rings. The van der Waals surface area contributed by atoms with Gasteiger partial charge in [-0.3, -0.25) is 0 Å². The van der Waals surface area contributed by atoms with Crippen LogP contribution >= 0.6 is 0 Å². The number of amides is 1. The lowest BCUT2D eigenvalue weighted by molar-refractivity contribution is 0.0471. The SMILES string of the molecule is CC(F)CC(F)C(C)NC(=O)OC(C)(C)C. The van der Waals surface area contributed by atoms with Crippen LogP contribution in [0.15, 0.2) is 0 Å². The van der Waals surface area contributed by atoms with Crippen molar-refractivity contribution < 1.29 is 18.3 Å². The van der Waals surface area contributed by atoms with Gasteiger partial charge in [0, 0.05) is 6.42 Å². The van der Waals surface area contributed by atoms with Crippen molar-refractivity contribution >= 4 is 6.09 Å². The van der Waals surface area contributed by atoms with Gasteiger partial charge in [0.2, 0.25) is 0 Å². The van der Waals surface area contributed by atoms with E-state index in [0.717, 1.165) is 0 Å². The molecule has 1 amide bonds. The van der Waals surface area contributed by atoms with Crippen molar-refractivity contribution in [3.8, 4) is 0 Å². The van der Waals surface area contributed by atoms with Crippen LogP contribution in [0.1, 0.15) is 41.0 Å². The minimum Gasteiger partial charge on any atom is -0.444 e. The summed E-state index contributed by atoms with van der Waals surface area (Å²) in [5, 5.41) is 2.34. The fraction of sp³-hybridized carbons (Fsp3) is 0.909. The van der Waals surface area contributed by atoms with Crippen LogP contribution in [0.2, 0.25) is 0 Å². The van der Waals surface area contributed by atoms with Gasteiger partial charge in [-0.2, -0.15) is 0 Å². The van der Waals surface area contributed by atoms with Crippen LogP contribution < -0.4 is 5.32 Å². The molecule has 0 aromatic rings. The van der Waals surface area contributed by atoms with Crippen LogP contribution in [0.5, 0.6) is 0 Å².